The highest BCUT2D eigenvalue weighted by Gasteiger charge is 2.18. The van der Waals surface area contributed by atoms with Gasteiger partial charge in [0.15, 0.2) is 0 Å². The molecule has 1 unspecified atom stereocenters. The summed E-state index contributed by atoms with van der Waals surface area (Å²) in [4.78, 5) is 20.5. The lowest BCUT2D eigenvalue weighted by Crippen LogP contribution is -2.29. The summed E-state index contributed by atoms with van der Waals surface area (Å²) < 4.78 is 26.5. The third kappa shape index (κ3) is 5.48. The zero-order valence-electron chi connectivity index (χ0n) is 17.1. The molecule has 3 N–H and O–H groups in total. The fourth-order valence-corrected chi connectivity index (χ4v) is 4.23. The van der Waals surface area contributed by atoms with Gasteiger partial charge >= 0.3 is 0 Å². The molecule has 3 aromatic rings. The normalized spacial score (nSPS) is 12.3. The van der Waals surface area contributed by atoms with Gasteiger partial charge in [0.1, 0.15) is 5.82 Å². The van der Waals surface area contributed by atoms with Crippen LogP contribution in [-0.2, 0) is 10.0 Å². The average Bonchev–Trinajstić information content (AvgIpc) is 3.22. The van der Waals surface area contributed by atoms with Crippen molar-refractivity contribution in [3.63, 3.8) is 0 Å². The van der Waals surface area contributed by atoms with Crippen LogP contribution in [0.1, 0.15) is 48.9 Å². The maximum absolute atomic E-state index is 12.8. The van der Waals surface area contributed by atoms with Gasteiger partial charge in [0, 0.05) is 11.3 Å². The first-order chi connectivity index (χ1) is 14.4. The van der Waals surface area contributed by atoms with Crippen molar-refractivity contribution in [2.45, 2.75) is 32.7 Å². The summed E-state index contributed by atoms with van der Waals surface area (Å²) in [6.45, 7) is 3.76. The Morgan fingerprint density at radius 1 is 1.10 bits per heavy atom. The van der Waals surface area contributed by atoms with Crippen molar-refractivity contribution in [3.05, 3.63) is 72.2 Å². The van der Waals surface area contributed by atoms with Crippen molar-refractivity contribution >= 4 is 21.6 Å². The van der Waals surface area contributed by atoms with Gasteiger partial charge in [-0.1, -0.05) is 50.2 Å². The topological polar surface area (TPSA) is 104 Å². The summed E-state index contributed by atoms with van der Waals surface area (Å²) in [7, 11) is -3.42. The highest BCUT2D eigenvalue weighted by atomic mass is 32.2. The Bertz CT molecular complexity index is 1090. The van der Waals surface area contributed by atoms with E-state index in [1.807, 2.05) is 37.3 Å². The van der Waals surface area contributed by atoms with Crippen LogP contribution in [0.5, 0.6) is 0 Å². The maximum atomic E-state index is 12.8. The van der Waals surface area contributed by atoms with E-state index < -0.39 is 10.0 Å². The standard InChI is InChI=1S/C22H26N4O3S/c1-3-13-30(28,29)26-18-12-8-11-17(14-18)22(27)25-19(4-2)21-23-15-20(24-21)16-9-6-5-7-10-16/h5-12,14-15,19,26H,3-4,13H2,1-2H3,(H,23,24)(H,25,27). The molecule has 1 aromatic heterocycles. The number of hydrogen-bond donors (Lipinski definition) is 3. The second-order valence-corrected chi connectivity index (χ2v) is 8.83. The smallest absolute Gasteiger partial charge is 0.251 e. The number of amides is 1. The highest BCUT2D eigenvalue weighted by molar-refractivity contribution is 7.92. The predicted octanol–water partition coefficient (Wildman–Crippen LogP) is 4.11. The van der Waals surface area contributed by atoms with Crippen molar-refractivity contribution in [1.29, 1.82) is 0 Å². The Kier molecular flexibility index (Phi) is 6.89. The Labute approximate surface area is 177 Å². The molecule has 1 amide bonds. The van der Waals surface area contributed by atoms with Crippen molar-refractivity contribution in [1.82, 2.24) is 15.3 Å². The van der Waals surface area contributed by atoms with Crippen LogP contribution in [0.15, 0.2) is 60.8 Å². The molecule has 7 nitrogen and oxygen atoms in total. The maximum Gasteiger partial charge on any atom is 0.251 e. The lowest BCUT2D eigenvalue weighted by atomic mass is 10.1. The molecule has 0 aliphatic carbocycles. The lowest BCUT2D eigenvalue weighted by molar-refractivity contribution is 0.0934. The van der Waals surface area contributed by atoms with Crippen LogP contribution >= 0.6 is 0 Å². The van der Waals surface area contributed by atoms with Crippen LogP contribution in [-0.4, -0.2) is 30.0 Å². The minimum atomic E-state index is -3.42. The minimum absolute atomic E-state index is 0.0313. The molecular weight excluding hydrogens is 400 g/mol. The van der Waals surface area contributed by atoms with Crippen LogP contribution in [0.4, 0.5) is 5.69 Å². The molecule has 0 fully saturated rings. The first-order valence-corrected chi connectivity index (χ1v) is 11.6. The molecule has 3 rings (SSSR count). The number of sulfonamides is 1. The molecule has 1 heterocycles. The van der Waals surface area contributed by atoms with E-state index in [9.17, 15) is 13.2 Å². The summed E-state index contributed by atoms with van der Waals surface area (Å²) in [5.74, 6) is 0.407. The van der Waals surface area contributed by atoms with Gasteiger partial charge in [-0.2, -0.15) is 0 Å². The van der Waals surface area contributed by atoms with E-state index in [0.717, 1.165) is 11.3 Å². The second-order valence-electron chi connectivity index (χ2n) is 6.98. The first-order valence-electron chi connectivity index (χ1n) is 9.93. The van der Waals surface area contributed by atoms with E-state index in [-0.39, 0.29) is 17.7 Å². The number of hydrogen-bond acceptors (Lipinski definition) is 4. The zero-order chi connectivity index (χ0) is 21.6. The number of anilines is 1. The van der Waals surface area contributed by atoms with Gasteiger partial charge < -0.3 is 10.3 Å². The van der Waals surface area contributed by atoms with E-state index in [2.05, 4.69) is 20.0 Å². The molecule has 0 aliphatic heterocycles. The molecule has 0 saturated heterocycles. The van der Waals surface area contributed by atoms with Gasteiger partial charge in [-0.15, -0.1) is 0 Å². The van der Waals surface area contributed by atoms with E-state index in [1.54, 1.807) is 31.3 Å². The van der Waals surface area contributed by atoms with E-state index in [0.29, 0.717) is 29.9 Å². The number of imidazole rings is 1. The number of H-pyrrole nitrogens is 1. The highest BCUT2D eigenvalue weighted by Crippen LogP contribution is 2.21. The van der Waals surface area contributed by atoms with Crippen LogP contribution in [0.3, 0.4) is 0 Å². The molecule has 8 heteroatoms. The van der Waals surface area contributed by atoms with Crippen LogP contribution in [0.25, 0.3) is 11.3 Å². The third-order valence-corrected chi connectivity index (χ3v) is 6.09. The number of benzene rings is 2. The van der Waals surface area contributed by atoms with E-state index in [1.165, 1.54) is 6.07 Å². The molecule has 0 spiro atoms. The molecule has 0 aliphatic rings. The van der Waals surface area contributed by atoms with Gasteiger partial charge in [0.2, 0.25) is 10.0 Å². The van der Waals surface area contributed by atoms with Gasteiger partial charge in [-0.25, -0.2) is 13.4 Å². The Hall–Kier alpha value is -3.13. The fraction of sp³-hybridized carbons (Fsp3) is 0.273. The fourth-order valence-electron chi connectivity index (χ4n) is 3.11. The van der Waals surface area contributed by atoms with Crippen molar-refractivity contribution < 1.29 is 13.2 Å². The van der Waals surface area contributed by atoms with Crippen LogP contribution in [0.2, 0.25) is 0 Å². The second kappa shape index (κ2) is 9.58. The van der Waals surface area contributed by atoms with Gasteiger partial charge in [0.25, 0.3) is 5.91 Å². The van der Waals surface area contributed by atoms with Crippen LogP contribution < -0.4 is 10.0 Å². The molecule has 158 valence electrons. The SMILES string of the molecule is CCCS(=O)(=O)Nc1cccc(C(=O)NC(CC)c2ncc(-c3ccccc3)[nH]2)c1. The Morgan fingerprint density at radius 2 is 1.87 bits per heavy atom. The number of carbonyl (C=O) groups excluding carboxylic acids is 1. The summed E-state index contributed by atoms with van der Waals surface area (Å²) in [5.41, 5.74) is 2.64. The zero-order valence-corrected chi connectivity index (χ0v) is 17.9. The number of rotatable bonds is 9. The largest absolute Gasteiger partial charge is 0.342 e. The molecule has 0 radical (unpaired) electrons. The van der Waals surface area contributed by atoms with Crippen molar-refractivity contribution in [2.24, 2.45) is 0 Å². The lowest BCUT2D eigenvalue weighted by Gasteiger charge is -2.15. The number of carbonyl (C=O) groups is 1. The molecule has 1 atom stereocenters. The minimum Gasteiger partial charge on any atom is -0.342 e. The molecule has 0 bridgehead atoms. The quantitative estimate of drug-likeness (QED) is 0.479. The van der Waals surface area contributed by atoms with Gasteiger partial charge in [-0.05, 0) is 36.6 Å². The molecule has 2 aromatic carbocycles. The first kappa shape index (κ1) is 21.6. The monoisotopic (exact) mass is 426 g/mol. The predicted molar refractivity (Wildman–Crippen MR) is 119 cm³/mol. The van der Waals surface area contributed by atoms with Crippen molar-refractivity contribution in [2.75, 3.05) is 10.5 Å². The Morgan fingerprint density at radius 3 is 2.57 bits per heavy atom. The number of aromatic amines is 1. The van der Waals surface area contributed by atoms with E-state index >= 15 is 0 Å². The summed E-state index contributed by atoms with van der Waals surface area (Å²) in [6.07, 6.45) is 2.92. The van der Waals surface area contributed by atoms with Gasteiger partial charge in [-0.3, -0.25) is 9.52 Å². The molecular formula is C22H26N4O3S. The number of nitrogens with one attached hydrogen (secondary N) is 3. The molecule has 30 heavy (non-hydrogen) atoms. The summed E-state index contributed by atoms with van der Waals surface area (Å²) in [6, 6.07) is 16.0. The average molecular weight is 427 g/mol. The number of nitrogens with zero attached hydrogens (tertiary/aromatic N) is 1. The van der Waals surface area contributed by atoms with Gasteiger partial charge in [0.05, 0.1) is 23.7 Å². The summed E-state index contributed by atoms with van der Waals surface area (Å²) in [5, 5.41) is 2.97. The summed E-state index contributed by atoms with van der Waals surface area (Å²) >= 11 is 0. The van der Waals surface area contributed by atoms with E-state index in [4.69, 9.17) is 0 Å². The molecule has 0 saturated carbocycles. The Balaban J connectivity index is 1.73. The third-order valence-electron chi connectivity index (χ3n) is 4.59. The van der Waals surface area contributed by atoms with Crippen molar-refractivity contribution in [3.8, 4) is 11.3 Å². The number of aromatic nitrogens is 2. The van der Waals surface area contributed by atoms with Crippen LogP contribution in [0, 0.1) is 0 Å².